The monoisotopic (exact) mass is 467 g/mol. The van der Waals surface area contributed by atoms with Crippen molar-refractivity contribution in [1.29, 1.82) is 0 Å². The van der Waals surface area contributed by atoms with Crippen molar-refractivity contribution < 1.29 is 9.72 Å². The summed E-state index contributed by atoms with van der Waals surface area (Å²) >= 11 is 5.49. The van der Waals surface area contributed by atoms with E-state index < -0.39 is 0 Å². The normalized spacial score (nSPS) is 16.5. The van der Waals surface area contributed by atoms with Crippen LogP contribution in [0.5, 0.6) is 0 Å². The van der Waals surface area contributed by atoms with Crippen LogP contribution in [0.25, 0.3) is 0 Å². The van der Waals surface area contributed by atoms with Crippen molar-refractivity contribution >= 4 is 40.3 Å². The molecule has 2 aromatic rings. The fourth-order valence-electron chi connectivity index (χ4n) is 4.49. The highest BCUT2D eigenvalue weighted by molar-refractivity contribution is 7.80. The second kappa shape index (κ2) is 10.2. The number of nitrogens with one attached hydrogen (secondary N) is 1. The van der Waals surface area contributed by atoms with Crippen molar-refractivity contribution in [2.45, 2.75) is 26.2 Å². The van der Waals surface area contributed by atoms with Gasteiger partial charge in [-0.2, -0.15) is 0 Å². The van der Waals surface area contributed by atoms with E-state index in [1.165, 1.54) is 6.42 Å². The highest BCUT2D eigenvalue weighted by atomic mass is 32.1. The predicted molar refractivity (Wildman–Crippen MR) is 134 cm³/mol. The third-order valence-electron chi connectivity index (χ3n) is 6.39. The lowest BCUT2D eigenvalue weighted by atomic mass is 10.1. The summed E-state index contributed by atoms with van der Waals surface area (Å²) in [5.41, 5.74) is 3.38. The SMILES string of the molecule is Cc1ccccc1C(=O)NC(=S)N1CCN(c2ccc([N+](=O)[O-])c(N3CCCCC3)c2)CC1. The molecule has 1 N–H and O–H groups in total. The zero-order chi connectivity index (χ0) is 23.4. The Morgan fingerprint density at radius 2 is 1.67 bits per heavy atom. The Balaban J connectivity index is 1.40. The van der Waals surface area contributed by atoms with Gasteiger partial charge in [0.05, 0.1) is 4.92 Å². The van der Waals surface area contributed by atoms with Gasteiger partial charge in [0, 0.05) is 56.6 Å². The first-order valence-corrected chi connectivity index (χ1v) is 11.8. The van der Waals surface area contributed by atoms with Crippen molar-refractivity contribution in [3.8, 4) is 0 Å². The molecule has 2 aliphatic heterocycles. The van der Waals surface area contributed by atoms with E-state index in [9.17, 15) is 14.9 Å². The largest absolute Gasteiger partial charge is 0.368 e. The second-order valence-corrected chi connectivity index (χ2v) is 8.91. The van der Waals surface area contributed by atoms with E-state index in [-0.39, 0.29) is 16.5 Å². The maximum Gasteiger partial charge on any atom is 0.292 e. The molecule has 0 saturated carbocycles. The van der Waals surface area contributed by atoms with Gasteiger partial charge in [-0.1, -0.05) is 18.2 Å². The first-order valence-electron chi connectivity index (χ1n) is 11.4. The number of thiocarbonyl (C=S) groups is 1. The lowest BCUT2D eigenvalue weighted by Crippen LogP contribution is -2.52. The molecule has 0 bridgehead atoms. The molecule has 2 fully saturated rings. The number of rotatable bonds is 4. The fraction of sp³-hybridized carbons (Fsp3) is 0.417. The molecule has 33 heavy (non-hydrogen) atoms. The Hall–Kier alpha value is -3.20. The molecule has 0 unspecified atom stereocenters. The Bertz CT molecular complexity index is 1050. The summed E-state index contributed by atoms with van der Waals surface area (Å²) in [6.45, 7) is 6.39. The second-order valence-electron chi connectivity index (χ2n) is 8.53. The minimum absolute atomic E-state index is 0.166. The average Bonchev–Trinajstić information content (AvgIpc) is 2.84. The molecule has 9 heteroatoms. The molecule has 0 aliphatic carbocycles. The highest BCUT2D eigenvalue weighted by Crippen LogP contribution is 2.34. The number of aryl methyl sites for hydroxylation is 1. The van der Waals surface area contributed by atoms with E-state index in [0.717, 1.165) is 50.3 Å². The van der Waals surface area contributed by atoms with E-state index in [2.05, 4.69) is 15.1 Å². The van der Waals surface area contributed by atoms with Gasteiger partial charge in [0.25, 0.3) is 11.6 Å². The molecule has 2 heterocycles. The predicted octanol–water partition coefficient (Wildman–Crippen LogP) is 3.73. The third kappa shape index (κ3) is 5.24. The zero-order valence-corrected chi connectivity index (χ0v) is 19.6. The van der Waals surface area contributed by atoms with Gasteiger partial charge >= 0.3 is 0 Å². The Kier molecular flexibility index (Phi) is 7.08. The van der Waals surface area contributed by atoms with Gasteiger partial charge in [0.15, 0.2) is 5.11 Å². The van der Waals surface area contributed by atoms with Gasteiger partial charge in [-0.3, -0.25) is 20.2 Å². The molecule has 2 aliphatic rings. The van der Waals surface area contributed by atoms with Crippen LogP contribution in [0.2, 0.25) is 0 Å². The van der Waals surface area contributed by atoms with E-state index in [1.54, 1.807) is 12.1 Å². The Morgan fingerprint density at radius 3 is 2.33 bits per heavy atom. The van der Waals surface area contributed by atoms with Crippen LogP contribution in [0.1, 0.15) is 35.2 Å². The molecular formula is C24H29N5O3S. The first kappa shape index (κ1) is 23.0. The topological polar surface area (TPSA) is 82.0 Å². The lowest BCUT2D eigenvalue weighted by molar-refractivity contribution is -0.384. The maximum absolute atomic E-state index is 12.6. The number of nitro benzene ring substituents is 1. The Labute approximate surface area is 199 Å². The van der Waals surface area contributed by atoms with Crippen molar-refractivity contribution in [1.82, 2.24) is 10.2 Å². The number of carbonyl (C=O) groups excluding carboxylic acids is 1. The fourth-order valence-corrected chi connectivity index (χ4v) is 4.77. The summed E-state index contributed by atoms with van der Waals surface area (Å²) in [4.78, 5) is 30.2. The molecular weight excluding hydrogens is 438 g/mol. The van der Waals surface area contributed by atoms with E-state index in [0.29, 0.717) is 29.5 Å². The van der Waals surface area contributed by atoms with Gasteiger partial charge in [-0.25, -0.2) is 0 Å². The minimum Gasteiger partial charge on any atom is -0.368 e. The van der Waals surface area contributed by atoms with Gasteiger partial charge in [-0.15, -0.1) is 0 Å². The average molecular weight is 468 g/mol. The molecule has 4 rings (SSSR count). The van der Waals surface area contributed by atoms with Crippen molar-refractivity contribution in [2.24, 2.45) is 0 Å². The molecule has 8 nitrogen and oxygen atoms in total. The number of piperazine rings is 1. The molecule has 174 valence electrons. The van der Waals surface area contributed by atoms with Crippen LogP contribution in [0, 0.1) is 17.0 Å². The van der Waals surface area contributed by atoms with Crippen molar-refractivity contribution in [3.05, 3.63) is 63.7 Å². The summed E-state index contributed by atoms with van der Waals surface area (Å²) < 4.78 is 0. The van der Waals surface area contributed by atoms with Crippen LogP contribution in [0.15, 0.2) is 42.5 Å². The molecule has 2 aromatic carbocycles. The summed E-state index contributed by atoms with van der Waals surface area (Å²) in [7, 11) is 0. The molecule has 0 spiro atoms. The molecule has 1 amide bonds. The standard InChI is InChI=1S/C24H29N5O3S/c1-18-7-3-4-8-20(18)23(30)25-24(33)28-15-13-26(14-16-28)19-9-10-21(29(31)32)22(17-19)27-11-5-2-6-12-27/h3-4,7-10,17H,2,5-6,11-16H2,1H3,(H,25,30,33). The quantitative estimate of drug-likeness (QED) is 0.417. The third-order valence-corrected chi connectivity index (χ3v) is 6.75. The number of nitrogens with zero attached hydrogens (tertiary/aromatic N) is 4. The zero-order valence-electron chi connectivity index (χ0n) is 18.8. The number of anilines is 2. The molecule has 2 saturated heterocycles. The summed E-state index contributed by atoms with van der Waals surface area (Å²) in [6, 6.07) is 12.8. The van der Waals surface area contributed by atoms with E-state index in [4.69, 9.17) is 12.2 Å². The van der Waals surface area contributed by atoms with Gasteiger partial charge in [0.1, 0.15) is 5.69 Å². The van der Waals surface area contributed by atoms with Crippen LogP contribution in [0.4, 0.5) is 17.1 Å². The number of hydrogen-bond donors (Lipinski definition) is 1. The highest BCUT2D eigenvalue weighted by Gasteiger charge is 2.25. The number of hydrogen-bond acceptors (Lipinski definition) is 6. The molecule has 0 atom stereocenters. The number of nitro groups is 1. The number of piperidine rings is 1. The first-order chi connectivity index (χ1) is 15.9. The van der Waals surface area contributed by atoms with Crippen LogP contribution in [0.3, 0.4) is 0 Å². The van der Waals surface area contributed by atoms with Gasteiger partial charge in [0.2, 0.25) is 0 Å². The van der Waals surface area contributed by atoms with E-state index >= 15 is 0 Å². The number of carbonyl (C=O) groups is 1. The van der Waals surface area contributed by atoms with Crippen LogP contribution < -0.4 is 15.1 Å². The van der Waals surface area contributed by atoms with Crippen LogP contribution in [-0.2, 0) is 0 Å². The van der Waals surface area contributed by atoms with Gasteiger partial charge < -0.3 is 14.7 Å². The maximum atomic E-state index is 12.6. The van der Waals surface area contributed by atoms with Crippen molar-refractivity contribution in [2.75, 3.05) is 49.1 Å². The molecule has 0 radical (unpaired) electrons. The lowest BCUT2D eigenvalue weighted by Gasteiger charge is -2.37. The van der Waals surface area contributed by atoms with Gasteiger partial charge in [-0.05, 0) is 62.2 Å². The van der Waals surface area contributed by atoms with Crippen LogP contribution in [-0.4, -0.2) is 60.1 Å². The smallest absolute Gasteiger partial charge is 0.292 e. The summed E-state index contributed by atoms with van der Waals surface area (Å²) in [6.07, 6.45) is 3.30. The minimum atomic E-state index is -0.290. The van der Waals surface area contributed by atoms with Crippen LogP contribution >= 0.6 is 12.2 Å². The summed E-state index contributed by atoms with van der Waals surface area (Å²) in [5.74, 6) is -0.193. The Morgan fingerprint density at radius 1 is 0.970 bits per heavy atom. The number of amides is 1. The number of benzene rings is 2. The molecule has 0 aromatic heterocycles. The van der Waals surface area contributed by atoms with Crippen molar-refractivity contribution in [3.63, 3.8) is 0 Å². The van der Waals surface area contributed by atoms with E-state index in [1.807, 2.05) is 42.2 Å². The summed E-state index contributed by atoms with van der Waals surface area (Å²) in [5, 5.41) is 14.9.